The average molecular weight is 239 g/mol. The van der Waals surface area contributed by atoms with E-state index in [2.05, 4.69) is 23.6 Å². The molecule has 0 aromatic rings. The quantitative estimate of drug-likeness (QED) is 0.760. The number of hydrogen-bond donors (Lipinski definition) is 1. The zero-order valence-corrected chi connectivity index (χ0v) is 11.6. The lowest BCUT2D eigenvalue weighted by Crippen LogP contribution is -2.52. The van der Waals surface area contributed by atoms with Crippen molar-refractivity contribution in [2.45, 2.75) is 39.2 Å². The summed E-state index contributed by atoms with van der Waals surface area (Å²) in [7, 11) is 0. The molecule has 0 spiro atoms. The third kappa shape index (κ3) is 4.23. The van der Waals surface area contributed by atoms with Crippen molar-refractivity contribution < 1.29 is 0 Å². The molecule has 1 saturated carbocycles. The predicted molar refractivity (Wildman–Crippen MR) is 73.0 cm³/mol. The summed E-state index contributed by atoms with van der Waals surface area (Å²) < 4.78 is 0. The van der Waals surface area contributed by atoms with Crippen LogP contribution in [0.4, 0.5) is 0 Å². The summed E-state index contributed by atoms with van der Waals surface area (Å²) in [5.41, 5.74) is 5.92. The maximum Gasteiger partial charge on any atom is 0.0221 e. The van der Waals surface area contributed by atoms with Crippen molar-refractivity contribution in [2.75, 3.05) is 39.3 Å². The molecular weight excluding hydrogens is 210 g/mol. The van der Waals surface area contributed by atoms with Gasteiger partial charge in [-0.15, -0.1) is 0 Å². The van der Waals surface area contributed by atoms with Gasteiger partial charge in [0.15, 0.2) is 0 Å². The van der Waals surface area contributed by atoms with Crippen LogP contribution in [-0.4, -0.2) is 55.1 Å². The molecule has 0 amide bonds. The number of piperazine rings is 1. The van der Waals surface area contributed by atoms with Crippen LogP contribution in [0.25, 0.3) is 0 Å². The zero-order valence-electron chi connectivity index (χ0n) is 11.6. The zero-order chi connectivity index (χ0) is 12.3. The molecule has 2 fully saturated rings. The molecule has 3 heteroatoms. The molecule has 1 aliphatic heterocycles. The second-order valence-corrected chi connectivity index (χ2v) is 6.30. The van der Waals surface area contributed by atoms with Crippen LogP contribution in [0.15, 0.2) is 0 Å². The molecule has 100 valence electrons. The maximum atomic E-state index is 5.92. The van der Waals surface area contributed by atoms with Crippen LogP contribution in [0, 0.1) is 11.8 Å². The average Bonchev–Trinajstić information content (AvgIpc) is 3.11. The van der Waals surface area contributed by atoms with Gasteiger partial charge in [0.2, 0.25) is 0 Å². The topological polar surface area (TPSA) is 32.5 Å². The maximum absolute atomic E-state index is 5.92. The Labute approximate surface area is 106 Å². The Balaban J connectivity index is 1.71. The Morgan fingerprint density at radius 1 is 1.12 bits per heavy atom. The van der Waals surface area contributed by atoms with Gasteiger partial charge >= 0.3 is 0 Å². The minimum atomic E-state index is 0.609. The summed E-state index contributed by atoms with van der Waals surface area (Å²) in [6.07, 6.45) is 4.19. The van der Waals surface area contributed by atoms with Gasteiger partial charge in [-0.2, -0.15) is 0 Å². The van der Waals surface area contributed by atoms with Crippen LogP contribution in [0.3, 0.4) is 0 Å². The first-order valence-corrected chi connectivity index (χ1v) is 7.35. The fourth-order valence-electron chi connectivity index (χ4n) is 2.92. The van der Waals surface area contributed by atoms with Crippen molar-refractivity contribution in [1.82, 2.24) is 9.80 Å². The number of hydrogen-bond acceptors (Lipinski definition) is 3. The van der Waals surface area contributed by atoms with Gasteiger partial charge in [0.25, 0.3) is 0 Å². The van der Waals surface area contributed by atoms with Crippen molar-refractivity contribution in [2.24, 2.45) is 17.6 Å². The van der Waals surface area contributed by atoms with Crippen molar-refractivity contribution in [3.8, 4) is 0 Å². The second-order valence-electron chi connectivity index (χ2n) is 6.30. The highest BCUT2D eigenvalue weighted by Gasteiger charge is 2.28. The van der Waals surface area contributed by atoms with Gasteiger partial charge in [0, 0.05) is 45.3 Å². The third-order valence-corrected chi connectivity index (χ3v) is 4.15. The van der Waals surface area contributed by atoms with Crippen molar-refractivity contribution in [3.05, 3.63) is 0 Å². The minimum Gasteiger partial charge on any atom is -0.329 e. The van der Waals surface area contributed by atoms with Gasteiger partial charge in [-0.05, 0) is 31.1 Å². The molecule has 2 N–H and O–H groups in total. The van der Waals surface area contributed by atoms with E-state index in [1.807, 2.05) is 0 Å². The summed E-state index contributed by atoms with van der Waals surface area (Å²) in [6.45, 7) is 11.7. The van der Waals surface area contributed by atoms with Crippen molar-refractivity contribution in [1.29, 1.82) is 0 Å². The van der Waals surface area contributed by atoms with Gasteiger partial charge in [-0.3, -0.25) is 4.90 Å². The van der Waals surface area contributed by atoms with Crippen LogP contribution in [0.5, 0.6) is 0 Å². The molecule has 2 aliphatic rings. The molecular formula is C14H29N3. The Hall–Kier alpha value is -0.120. The van der Waals surface area contributed by atoms with E-state index < -0.39 is 0 Å². The van der Waals surface area contributed by atoms with E-state index in [0.29, 0.717) is 6.04 Å². The molecule has 17 heavy (non-hydrogen) atoms. The van der Waals surface area contributed by atoms with Gasteiger partial charge in [-0.1, -0.05) is 13.8 Å². The van der Waals surface area contributed by atoms with Gasteiger partial charge in [0.05, 0.1) is 0 Å². The van der Waals surface area contributed by atoms with Gasteiger partial charge < -0.3 is 10.6 Å². The van der Waals surface area contributed by atoms with Crippen LogP contribution < -0.4 is 5.73 Å². The Morgan fingerprint density at radius 3 is 2.24 bits per heavy atom. The molecule has 1 unspecified atom stereocenters. The first kappa shape index (κ1) is 13.3. The molecule has 1 saturated heterocycles. The Kier molecular flexibility index (Phi) is 4.83. The van der Waals surface area contributed by atoms with Crippen LogP contribution >= 0.6 is 0 Å². The first-order chi connectivity index (χ1) is 8.19. The van der Waals surface area contributed by atoms with E-state index in [1.165, 1.54) is 52.0 Å². The minimum absolute atomic E-state index is 0.609. The fraction of sp³-hybridized carbons (Fsp3) is 1.00. The number of rotatable bonds is 6. The largest absolute Gasteiger partial charge is 0.329 e. The highest BCUT2D eigenvalue weighted by atomic mass is 15.3. The van der Waals surface area contributed by atoms with Crippen LogP contribution in [-0.2, 0) is 0 Å². The van der Waals surface area contributed by atoms with Crippen molar-refractivity contribution in [3.63, 3.8) is 0 Å². The summed E-state index contributed by atoms with van der Waals surface area (Å²) in [5, 5.41) is 0. The van der Waals surface area contributed by atoms with Crippen LogP contribution in [0.1, 0.15) is 33.1 Å². The highest BCUT2D eigenvalue weighted by molar-refractivity contribution is 4.83. The molecule has 0 aromatic carbocycles. The molecule has 1 heterocycles. The SMILES string of the molecule is CC(C)CC(CN)N1CCN(CC2CC2)CC1. The van der Waals surface area contributed by atoms with E-state index in [0.717, 1.165) is 18.4 Å². The van der Waals surface area contributed by atoms with E-state index in [9.17, 15) is 0 Å². The molecule has 1 aliphatic carbocycles. The van der Waals surface area contributed by atoms with E-state index in [4.69, 9.17) is 5.73 Å². The normalized spacial score (nSPS) is 25.4. The smallest absolute Gasteiger partial charge is 0.0221 e. The monoisotopic (exact) mass is 239 g/mol. The van der Waals surface area contributed by atoms with Crippen LogP contribution in [0.2, 0.25) is 0 Å². The lowest BCUT2D eigenvalue weighted by atomic mass is 10.0. The fourth-order valence-corrected chi connectivity index (χ4v) is 2.92. The summed E-state index contributed by atoms with van der Waals surface area (Å²) in [6, 6.07) is 0.609. The van der Waals surface area contributed by atoms with E-state index in [1.54, 1.807) is 0 Å². The summed E-state index contributed by atoms with van der Waals surface area (Å²) in [4.78, 5) is 5.26. The van der Waals surface area contributed by atoms with Gasteiger partial charge in [0.1, 0.15) is 0 Å². The van der Waals surface area contributed by atoms with E-state index >= 15 is 0 Å². The predicted octanol–water partition coefficient (Wildman–Crippen LogP) is 1.39. The van der Waals surface area contributed by atoms with Crippen molar-refractivity contribution >= 4 is 0 Å². The molecule has 0 bridgehead atoms. The number of nitrogens with two attached hydrogens (primary N) is 1. The standard InChI is InChI=1S/C14H29N3/c1-12(2)9-14(10-15)17-7-5-16(6-8-17)11-13-3-4-13/h12-14H,3-11,15H2,1-2H3. The lowest BCUT2D eigenvalue weighted by molar-refractivity contribution is 0.0871. The van der Waals surface area contributed by atoms with E-state index in [-0.39, 0.29) is 0 Å². The highest BCUT2D eigenvalue weighted by Crippen LogP contribution is 2.30. The molecule has 0 aromatic heterocycles. The third-order valence-electron chi connectivity index (χ3n) is 4.15. The molecule has 0 radical (unpaired) electrons. The second kappa shape index (κ2) is 6.17. The Bertz CT molecular complexity index is 218. The number of nitrogens with zero attached hydrogens (tertiary/aromatic N) is 2. The summed E-state index contributed by atoms with van der Waals surface area (Å²) in [5.74, 6) is 1.79. The first-order valence-electron chi connectivity index (χ1n) is 7.35. The molecule has 3 nitrogen and oxygen atoms in total. The molecule has 1 atom stereocenters. The lowest BCUT2D eigenvalue weighted by Gasteiger charge is -2.39. The summed E-state index contributed by atoms with van der Waals surface area (Å²) >= 11 is 0. The molecule has 2 rings (SSSR count). The Morgan fingerprint density at radius 2 is 1.76 bits per heavy atom. The van der Waals surface area contributed by atoms with Gasteiger partial charge in [-0.25, -0.2) is 0 Å².